The Bertz CT molecular complexity index is 1240. The maximum Gasteiger partial charge on any atom is 0.269 e. The summed E-state index contributed by atoms with van der Waals surface area (Å²) in [5.41, 5.74) is 2.25. The van der Waals surface area contributed by atoms with E-state index in [-0.39, 0.29) is 12.3 Å². The third-order valence-electron chi connectivity index (χ3n) is 4.20. The van der Waals surface area contributed by atoms with Crippen molar-refractivity contribution < 1.29 is 18.9 Å². The molecular formula is C21H14ClN3O5. The molecule has 0 spiro atoms. The normalized spacial score (nSPS) is 10.7. The van der Waals surface area contributed by atoms with Gasteiger partial charge in [-0.2, -0.15) is 0 Å². The van der Waals surface area contributed by atoms with E-state index in [0.717, 1.165) is 0 Å². The van der Waals surface area contributed by atoms with Gasteiger partial charge >= 0.3 is 0 Å². The van der Waals surface area contributed by atoms with Crippen LogP contribution >= 0.6 is 11.6 Å². The van der Waals surface area contributed by atoms with Crippen LogP contribution in [0.15, 0.2) is 71.1 Å². The highest BCUT2D eigenvalue weighted by Crippen LogP contribution is 2.31. The van der Waals surface area contributed by atoms with E-state index in [1.807, 2.05) is 0 Å². The Morgan fingerprint density at radius 2 is 1.90 bits per heavy atom. The molecule has 0 radical (unpaired) electrons. The molecule has 0 fully saturated rings. The number of nitrogens with one attached hydrogen (secondary N) is 1. The van der Waals surface area contributed by atoms with Gasteiger partial charge in [0, 0.05) is 17.2 Å². The number of amides is 1. The van der Waals surface area contributed by atoms with Gasteiger partial charge in [-0.05, 0) is 42.5 Å². The summed E-state index contributed by atoms with van der Waals surface area (Å²) in [5.74, 6) is 0.291. The number of rotatable bonds is 6. The van der Waals surface area contributed by atoms with Crippen LogP contribution in [0.5, 0.6) is 5.75 Å². The van der Waals surface area contributed by atoms with E-state index in [1.165, 1.54) is 24.3 Å². The van der Waals surface area contributed by atoms with Crippen molar-refractivity contribution >= 4 is 40.0 Å². The minimum absolute atomic E-state index is 0.0552. The minimum atomic E-state index is -0.506. The van der Waals surface area contributed by atoms with Crippen LogP contribution in [0.3, 0.4) is 0 Å². The Morgan fingerprint density at radius 3 is 2.67 bits per heavy atom. The number of oxazole rings is 1. The number of carbonyl (C=O) groups excluding carboxylic acids is 1. The van der Waals surface area contributed by atoms with Gasteiger partial charge in [0.2, 0.25) is 5.89 Å². The standard InChI is InChI=1S/C21H14ClN3O5/c22-13-5-10-19-18(11-13)24-21(30-19)16-3-1-2-4-17(16)23-20(26)12-29-15-8-6-14(7-9-15)25(27)28/h1-11H,12H2,(H,23,26). The molecule has 1 aromatic heterocycles. The Kier molecular flexibility index (Phi) is 5.32. The lowest BCUT2D eigenvalue weighted by molar-refractivity contribution is -0.384. The number of fused-ring (bicyclic) bond motifs is 1. The first-order valence-electron chi connectivity index (χ1n) is 8.82. The van der Waals surface area contributed by atoms with Gasteiger partial charge in [0.15, 0.2) is 12.2 Å². The summed E-state index contributed by atoms with van der Waals surface area (Å²) in [6.07, 6.45) is 0. The molecule has 3 aromatic carbocycles. The van der Waals surface area contributed by atoms with Crippen molar-refractivity contribution in [1.82, 2.24) is 4.98 Å². The van der Waals surface area contributed by atoms with Crippen LogP contribution in [0.1, 0.15) is 0 Å². The second-order valence-electron chi connectivity index (χ2n) is 6.26. The van der Waals surface area contributed by atoms with E-state index in [9.17, 15) is 14.9 Å². The maximum atomic E-state index is 12.3. The highest BCUT2D eigenvalue weighted by Gasteiger charge is 2.15. The van der Waals surface area contributed by atoms with E-state index in [4.69, 9.17) is 20.8 Å². The number of nitro groups is 1. The highest BCUT2D eigenvalue weighted by atomic mass is 35.5. The van der Waals surface area contributed by atoms with Crippen LogP contribution in [0.2, 0.25) is 5.02 Å². The number of anilines is 1. The zero-order valence-corrected chi connectivity index (χ0v) is 16.1. The molecule has 4 rings (SSSR count). The van der Waals surface area contributed by atoms with Gasteiger partial charge in [-0.15, -0.1) is 0 Å². The fraction of sp³-hybridized carbons (Fsp3) is 0.0476. The fourth-order valence-electron chi connectivity index (χ4n) is 2.79. The molecule has 8 nitrogen and oxygen atoms in total. The average Bonchev–Trinajstić information content (AvgIpc) is 3.16. The first-order valence-corrected chi connectivity index (χ1v) is 9.20. The molecule has 9 heteroatoms. The molecule has 0 saturated carbocycles. The average molecular weight is 424 g/mol. The van der Waals surface area contributed by atoms with Gasteiger partial charge in [-0.25, -0.2) is 4.98 Å². The molecule has 4 aromatic rings. The summed E-state index contributed by atoms with van der Waals surface area (Å²) in [6.45, 7) is -0.269. The highest BCUT2D eigenvalue weighted by molar-refractivity contribution is 6.31. The fourth-order valence-corrected chi connectivity index (χ4v) is 2.96. The molecule has 0 aliphatic heterocycles. The van der Waals surface area contributed by atoms with E-state index in [1.54, 1.807) is 42.5 Å². The maximum absolute atomic E-state index is 12.3. The number of para-hydroxylation sites is 1. The number of ether oxygens (including phenoxy) is 1. The number of hydrogen-bond acceptors (Lipinski definition) is 6. The Hall–Kier alpha value is -3.91. The number of nitrogens with zero attached hydrogens (tertiary/aromatic N) is 2. The molecule has 0 unspecified atom stereocenters. The Labute approximate surface area is 175 Å². The molecule has 1 heterocycles. The van der Waals surface area contributed by atoms with Crippen LogP contribution in [0, 0.1) is 10.1 Å². The van der Waals surface area contributed by atoms with Crippen LogP contribution in [0.4, 0.5) is 11.4 Å². The van der Waals surface area contributed by atoms with Crippen LogP contribution in [0.25, 0.3) is 22.6 Å². The van der Waals surface area contributed by atoms with E-state index in [2.05, 4.69) is 10.3 Å². The van der Waals surface area contributed by atoms with E-state index >= 15 is 0 Å². The summed E-state index contributed by atoms with van der Waals surface area (Å²) in [7, 11) is 0. The molecule has 150 valence electrons. The third kappa shape index (κ3) is 4.23. The second kappa shape index (κ2) is 8.22. The predicted octanol–water partition coefficient (Wildman–Crippen LogP) is 5.07. The molecule has 0 aliphatic rings. The van der Waals surface area contributed by atoms with Gasteiger partial charge in [-0.3, -0.25) is 14.9 Å². The predicted molar refractivity (Wildman–Crippen MR) is 112 cm³/mol. The van der Waals surface area contributed by atoms with E-state index in [0.29, 0.717) is 39.0 Å². The molecule has 1 amide bonds. The van der Waals surface area contributed by atoms with Gasteiger partial charge < -0.3 is 14.5 Å². The van der Waals surface area contributed by atoms with E-state index < -0.39 is 10.8 Å². The molecule has 30 heavy (non-hydrogen) atoms. The van der Waals surface area contributed by atoms with Crippen molar-refractivity contribution in [3.63, 3.8) is 0 Å². The first-order chi connectivity index (χ1) is 14.5. The third-order valence-corrected chi connectivity index (χ3v) is 4.43. The SMILES string of the molecule is O=C(COc1ccc([N+](=O)[O-])cc1)Nc1ccccc1-c1nc2cc(Cl)ccc2o1. The number of benzene rings is 3. The Balaban J connectivity index is 1.48. The van der Waals surface area contributed by atoms with Crippen LogP contribution in [-0.4, -0.2) is 22.4 Å². The van der Waals surface area contributed by atoms with Crippen molar-refractivity contribution in [3.8, 4) is 17.2 Å². The summed E-state index contributed by atoms with van der Waals surface area (Å²) in [6, 6.07) is 17.7. The smallest absolute Gasteiger partial charge is 0.269 e. The summed E-state index contributed by atoms with van der Waals surface area (Å²) >= 11 is 6.00. The number of nitro benzene ring substituents is 1. The largest absolute Gasteiger partial charge is 0.484 e. The molecule has 0 aliphatic carbocycles. The lowest BCUT2D eigenvalue weighted by Crippen LogP contribution is -2.20. The molecular weight excluding hydrogens is 410 g/mol. The lowest BCUT2D eigenvalue weighted by atomic mass is 10.1. The number of non-ortho nitro benzene ring substituents is 1. The van der Waals surface area contributed by atoms with Crippen molar-refractivity contribution in [2.45, 2.75) is 0 Å². The zero-order chi connectivity index (χ0) is 21.1. The van der Waals surface area contributed by atoms with Crippen LogP contribution < -0.4 is 10.1 Å². The van der Waals surface area contributed by atoms with Crippen molar-refractivity contribution in [1.29, 1.82) is 0 Å². The van der Waals surface area contributed by atoms with Crippen molar-refractivity contribution in [2.24, 2.45) is 0 Å². The number of halogens is 1. The van der Waals surface area contributed by atoms with Crippen molar-refractivity contribution in [2.75, 3.05) is 11.9 Å². The second-order valence-corrected chi connectivity index (χ2v) is 6.70. The topological polar surface area (TPSA) is 108 Å². The number of hydrogen-bond donors (Lipinski definition) is 1. The van der Waals surface area contributed by atoms with Crippen molar-refractivity contribution in [3.05, 3.63) is 81.9 Å². The molecule has 0 atom stereocenters. The van der Waals surface area contributed by atoms with Gasteiger partial charge in [-0.1, -0.05) is 23.7 Å². The van der Waals surface area contributed by atoms with Gasteiger partial charge in [0.25, 0.3) is 11.6 Å². The van der Waals surface area contributed by atoms with Gasteiger partial charge in [0.1, 0.15) is 11.3 Å². The number of carbonyl (C=O) groups is 1. The quantitative estimate of drug-likeness (QED) is 0.342. The summed E-state index contributed by atoms with van der Waals surface area (Å²) in [5, 5.41) is 14.0. The van der Waals surface area contributed by atoms with Gasteiger partial charge in [0.05, 0.1) is 16.2 Å². The first kappa shape index (κ1) is 19.4. The monoisotopic (exact) mass is 423 g/mol. The van der Waals surface area contributed by atoms with Crippen LogP contribution in [-0.2, 0) is 4.79 Å². The zero-order valence-electron chi connectivity index (χ0n) is 15.4. The Morgan fingerprint density at radius 1 is 1.13 bits per heavy atom. The molecule has 0 bridgehead atoms. The summed E-state index contributed by atoms with van der Waals surface area (Å²) < 4.78 is 11.2. The molecule has 0 saturated heterocycles. The summed E-state index contributed by atoms with van der Waals surface area (Å²) in [4.78, 5) is 27.0. The molecule has 1 N–H and O–H groups in total. The lowest BCUT2D eigenvalue weighted by Gasteiger charge is -2.10. The minimum Gasteiger partial charge on any atom is -0.484 e. The number of aromatic nitrogens is 1.